The second-order valence-electron chi connectivity index (χ2n) is 18.2. The van der Waals surface area contributed by atoms with Gasteiger partial charge < -0.3 is 14.2 Å². The van der Waals surface area contributed by atoms with Gasteiger partial charge in [0.1, 0.15) is 13.2 Å². The zero-order valence-corrected chi connectivity index (χ0v) is 40.9. The summed E-state index contributed by atoms with van der Waals surface area (Å²) in [5.74, 6) is -0.869. The van der Waals surface area contributed by atoms with Gasteiger partial charge in [0.2, 0.25) is 0 Å². The maximum atomic E-state index is 12.8. The fourth-order valence-electron chi connectivity index (χ4n) is 7.89. The summed E-state index contributed by atoms with van der Waals surface area (Å²) >= 11 is 0. The Balaban J connectivity index is 4.35. The second kappa shape index (κ2) is 50.5. The zero-order valence-electron chi connectivity index (χ0n) is 40.9. The Morgan fingerprint density at radius 2 is 0.590 bits per heavy atom. The highest BCUT2D eigenvalue weighted by Crippen LogP contribution is 2.16. The third-order valence-electron chi connectivity index (χ3n) is 12.0. The van der Waals surface area contributed by atoms with Crippen LogP contribution in [0.3, 0.4) is 0 Å². The van der Waals surface area contributed by atoms with Gasteiger partial charge in [-0.3, -0.25) is 14.4 Å². The number of carbonyl (C=O) groups excluding carboxylic acids is 3. The minimum Gasteiger partial charge on any atom is -0.462 e. The van der Waals surface area contributed by atoms with Crippen LogP contribution in [0.15, 0.2) is 24.3 Å². The number of unbranched alkanes of at least 4 members (excludes halogenated alkanes) is 34. The summed E-state index contributed by atoms with van der Waals surface area (Å²) in [4.78, 5) is 38.0. The fraction of sp³-hybridized carbons (Fsp3) is 0.873. The van der Waals surface area contributed by atoms with Crippen molar-refractivity contribution in [3.63, 3.8) is 0 Å². The topological polar surface area (TPSA) is 78.9 Å². The van der Waals surface area contributed by atoms with Gasteiger partial charge in [-0.15, -0.1) is 0 Å². The monoisotopic (exact) mass is 859 g/mol. The second-order valence-corrected chi connectivity index (χ2v) is 18.2. The van der Waals surface area contributed by atoms with Crippen LogP contribution in [0.4, 0.5) is 0 Å². The van der Waals surface area contributed by atoms with Crippen LogP contribution in [0.25, 0.3) is 0 Å². The van der Waals surface area contributed by atoms with E-state index in [9.17, 15) is 14.4 Å². The number of carbonyl (C=O) groups is 3. The summed E-state index contributed by atoms with van der Waals surface area (Å²) in [6.07, 6.45) is 57.3. The molecular formula is C55H102O6. The first kappa shape index (κ1) is 58.9. The number of rotatable bonds is 49. The van der Waals surface area contributed by atoms with Crippen molar-refractivity contribution in [3.8, 4) is 0 Å². The summed E-state index contributed by atoms with van der Waals surface area (Å²) in [5, 5.41) is 0. The molecule has 0 heterocycles. The van der Waals surface area contributed by atoms with Gasteiger partial charge in [-0.05, 0) is 51.4 Å². The first-order valence-corrected chi connectivity index (χ1v) is 26.8. The van der Waals surface area contributed by atoms with E-state index >= 15 is 0 Å². The third kappa shape index (κ3) is 48.8. The smallest absolute Gasteiger partial charge is 0.306 e. The Morgan fingerprint density at radius 1 is 0.328 bits per heavy atom. The van der Waals surface area contributed by atoms with Crippen molar-refractivity contribution in [1.29, 1.82) is 0 Å². The molecule has 0 aromatic carbocycles. The first-order valence-electron chi connectivity index (χ1n) is 26.8. The van der Waals surface area contributed by atoms with E-state index < -0.39 is 6.10 Å². The van der Waals surface area contributed by atoms with Crippen molar-refractivity contribution in [1.82, 2.24) is 0 Å². The van der Waals surface area contributed by atoms with E-state index in [0.717, 1.165) is 77.0 Å². The molecule has 0 amide bonds. The van der Waals surface area contributed by atoms with Gasteiger partial charge in [-0.1, -0.05) is 244 Å². The third-order valence-corrected chi connectivity index (χ3v) is 12.0. The van der Waals surface area contributed by atoms with E-state index in [1.807, 2.05) is 0 Å². The summed E-state index contributed by atoms with van der Waals surface area (Å²) in [6.45, 7) is 6.63. The van der Waals surface area contributed by atoms with Crippen molar-refractivity contribution in [3.05, 3.63) is 24.3 Å². The number of hydrogen-bond donors (Lipinski definition) is 0. The molecule has 0 aliphatic heterocycles. The van der Waals surface area contributed by atoms with Gasteiger partial charge in [0.15, 0.2) is 6.10 Å². The van der Waals surface area contributed by atoms with Crippen LogP contribution in [0, 0.1) is 0 Å². The molecule has 0 aliphatic rings. The van der Waals surface area contributed by atoms with E-state index in [2.05, 4.69) is 45.1 Å². The number of allylic oxidation sites excluding steroid dienone is 4. The van der Waals surface area contributed by atoms with Crippen LogP contribution in [-0.4, -0.2) is 37.2 Å². The van der Waals surface area contributed by atoms with E-state index in [-0.39, 0.29) is 31.1 Å². The molecule has 61 heavy (non-hydrogen) atoms. The Kier molecular flexibility index (Phi) is 48.8. The predicted octanol–water partition coefficient (Wildman–Crippen LogP) is 17.5. The minimum absolute atomic E-state index is 0.0719. The summed E-state index contributed by atoms with van der Waals surface area (Å²) in [6, 6.07) is 0. The Labute approximate surface area is 379 Å². The number of esters is 3. The molecule has 0 spiro atoms. The molecule has 0 N–H and O–H groups in total. The van der Waals surface area contributed by atoms with Crippen LogP contribution >= 0.6 is 0 Å². The molecule has 358 valence electrons. The SMILES string of the molecule is CCCCC/C=C/C/C=C/CCCCCCCC(=O)OC(COC(=O)CCCCCCCCCCCCCCC)COC(=O)CCCCCCCCCCCCCCCCC. The summed E-state index contributed by atoms with van der Waals surface area (Å²) in [5.41, 5.74) is 0. The van der Waals surface area contributed by atoms with Gasteiger partial charge >= 0.3 is 17.9 Å². The first-order chi connectivity index (χ1) is 30.0. The number of hydrogen-bond acceptors (Lipinski definition) is 6. The molecule has 0 aromatic heterocycles. The molecular weight excluding hydrogens is 757 g/mol. The van der Waals surface area contributed by atoms with Gasteiger partial charge in [0.05, 0.1) is 0 Å². The Morgan fingerprint density at radius 3 is 0.934 bits per heavy atom. The lowest BCUT2D eigenvalue weighted by Gasteiger charge is -2.18. The van der Waals surface area contributed by atoms with Gasteiger partial charge in [0.25, 0.3) is 0 Å². The molecule has 0 radical (unpaired) electrons. The number of ether oxygens (including phenoxy) is 3. The van der Waals surface area contributed by atoms with Gasteiger partial charge in [-0.2, -0.15) is 0 Å². The summed E-state index contributed by atoms with van der Waals surface area (Å²) < 4.78 is 16.8. The predicted molar refractivity (Wildman–Crippen MR) is 261 cm³/mol. The average Bonchev–Trinajstić information content (AvgIpc) is 3.26. The molecule has 0 saturated heterocycles. The average molecular weight is 859 g/mol. The molecule has 0 aromatic rings. The maximum absolute atomic E-state index is 12.8. The Bertz CT molecular complexity index is 989. The molecule has 1 atom stereocenters. The molecule has 0 aliphatic carbocycles. The van der Waals surface area contributed by atoms with Crippen LogP contribution in [0.2, 0.25) is 0 Å². The lowest BCUT2D eigenvalue weighted by atomic mass is 10.0. The summed E-state index contributed by atoms with van der Waals surface area (Å²) in [7, 11) is 0. The largest absolute Gasteiger partial charge is 0.462 e. The molecule has 1 unspecified atom stereocenters. The highest BCUT2D eigenvalue weighted by molar-refractivity contribution is 5.71. The van der Waals surface area contributed by atoms with Gasteiger partial charge in [0, 0.05) is 19.3 Å². The van der Waals surface area contributed by atoms with Crippen LogP contribution in [0.5, 0.6) is 0 Å². The fourth-order valence-corrected chi connectivity index (χ4v) is 7.89. The lowest BCUT2D eigenvalue weighted by Crippen LogP contribution is -2.30. The molecule has 0 rings (SSSR count). The van der Waals surface area contributed by atoms with Crippen molar-refractivity contribution in [2.75, 3.05) is 13.2 Å². The molecule has 6 heteroatoms. The standard InChI is InChI=1S/C55H102O6/c1-4-7-10-13-16-19-22-25-27-30-33-36-39-42-45-48-54(57)60-51-52(50-59-53(56)47-44-41-38-35-32-29-24-21-18-15-12-9-6-3)61-55(58)49-46-43-40-37-34-31-28-26-23-20-17-14-11-8-5-2/h17,20,26,28,52H,4-16,18-19,21-25,27,29-51H2,1-3H3/b20-17+,28-26+. The van der Waals surface area contributed by atoms with E-state index in [0.29, 0.717) is 19.3 Å². The zero-order chi connectivity index (χ0) is 44.4. The Hall–Kier alpha value is -2.11. The molecule has 0 fully saturated rings. The van der Waals surface area contributed by atoms with Crippen molar-refractivity contribution >= 4 is 17.9 Å². The molecule has 0 saturated carbocycles. The van der Waals surface area contributed by atoms with Crippen LogP contribution < -0.4 is 0 Å². The van der Waals surface area contributed by atoms with Gasteiger partial charge in [-0.25, -0.2) is 0 Å². The van der Waals surface area contributed by atoms with Crippen LogP contribution in [0.1, 0.15) is 290 Å². The van der Waals surface area contributed by atoms with E-state index in [1.165, 1.54) is 173 Å². The minimum atomic E-state index is -0.772. The normalized spacial score (nSPS) is 12.1. The highest BCUT2D eigenvalue weighted by Gasteiger charge is 2.19. The highest BCUT2D eigenvalue weighted by atomic mass is 16.6. The quantitative estimate of drug-likeness (QED) is 0.0262. The van der Waals surface area contributed by atoms with E-state index in [4.69, 9.17) is 14.2 Å². The molecule has 0 bridgehead atoms. The van der Waals surface area contributed by atoms with Crippen molar-refractivity contribution in [2.24, 2.45) is 0 Å². The maximum Gasteiger partial charge on any atom is 0.306 e. The van der Waals surface area contributed by atoms with Crippen LogP contribution in [-0.2, 0) is 28.6 Å². The van der Waals surface area contributed by atoms with Crippen molar-refractivity contribution in [2.45, 2.75) is 297 Å². The van der Waals surface area contributed by atoms with E-state index in [1.54, 1.807) is 0 Å². The van der Waals surface area contributed by atoms with Crippen molar-refractivity contribution < 1.29 is 28.6 Å². The molecule has 6 nitrogen and oxygen atoms in total. The lowest BCUT2D eigenvalue weighted by molar-refractivity contribution is -0.167.